The van der Waals surface area contributed by atoms with Crippen molar-refractivity contribution in [2.45, 2.75) is 75.6 Å². The Morgan fingerprint density at radius 2 is 1.89 bits per heavy atom. The first-order valence-electron chi connectivity index (χ1n) is 9.01. The van der Waals surface area contributed by atoms with Crippen LogP contribution in [0.1, 0.15) is 27.2 Å². The van der Waals surface area contributed by atoms with E-state index in [4.69, 9.17) is 14.2 Å². The number of rotatable bonds is 4. The Labute approximate surface area is 158 Å². The molecule has 0 spiro atoms. The molecule has 0 saturated carbocycles. The van der Waals surface area contributed by atoms with Crippen LogP contribution in [0.4, 0.5) is 4.79 Å². The molecule has 10 heteroatoms. The molecule has 0 aromatic heterocycles. The number of carbonyl (C=O) groups is 1. The van der Waals surface area contributed by atoms with Crippen LogP contribution in [0, 0.1) is 5.92 Å². The molecule has 0 radical (unpaired) electrons. The van der Waals surface area contributed by atoms with Gasteiger partial charge in [0.1, 0.15) is 11.7 Å². The number of carbonyl (C=O) groups excluding carboxylic acids is 1. The Morgan fingerprint density at radius 3 is 2.41 bits per heavy atom. The highest BCUT2D eigenvalue weighted by Crippen LogP contribution is 2.34. The molecule has 0 aliphatic carbocycles. The summed E-state index contributed by atoms with van der Waals surface area (Å²) in [6.07, 6.45) is -7.99. The van der Waals surface area contributed by atoms with E-state index in [1.54, 1.807) is 20.8 Å². The average Bonchev–Trinajstić information content (AvgIpc) is 2.97. The molecule has 2 fully saturated rings. The molecule has 0 bridgehead atoms. The third kappa shape index (κ3) is 4.89. The number of aliphatic hydroxyl groups excluding tert-OH is 5. The van der Waals surface area contributed by atoms with E-state index in [0.29, 0.717) is 0 Å². The molecule has 2 aliphatic heterocycles. The number of aliphatic hydroxyl groups is 5. The zero-order valence-corrected chi connectivity index (χ0v) is 16.1. The van der Waals surface area contributed by atoms with Gasteiger partial charge in [0.25, 0.3) is 0 Å². The molecular formula is C17H31NO9. The fourth-order valence-corrected chi connectivity index (χ4v) is 3.69. The fraction of sp³-hybridized carbons (Fsp3) is 0.941. The molecule has 158 valence electrons. The molecular weight excluding hydrogens is 362 g/mol. The first-order valence-corrected chi connectivity index (χ1v) is 9.01. The molecule has 0 aromatic carbocycles. The second kappa shape index (κ2) is 8.56. The van der Waals surface area contributed by atoms with Crippen molar-refractivity contribution in [1.29, 1.82) is 0 Å². The van der Waals surface area contributed by atoms with Crippen molar-refractivity contribution >= 4 is 6.09 Å². The molecule has 5 N–H and O–H groups in total. The predicted molar refractivity (Wildman–Crippen MR) is 91.6 cm³/mol. The van der Waals surface area contributed by atoms with Gasteiger partial charge in [0.2, 0.25) is 0 Å². The first kappa shape index (κ1) is 22.3. The molecule has 2 saturated heterocycles. The zero-order valence-electron chi connectivity index (χ0n) is 16.1. The third-order valence-corrected chi connectivity index (χ3v) is 4.91. The minimum atomic E-state index is -1.46. The van der Waals surface area contributed by atoms with Gasteiger partial charge in [0.05, 0.1) is 43.6 Å². The molecule has 10 nitrogen and oxygen atoms in total. The van der Waals surface area contributed by atoms with Crippen molar-refractivity contribution in [2.24, 2.45) is 5.92 Å². The molecule has 1 unspecified atom stereocenters. The smallest absolute Gasteiger partial charge is 0.410 e. The van der Waals surface area contributed by atoms with Gasteiger partial charge in [-0.3, -0.25) is 4.90 Å². The van der Waals surface area contributed by atoms with Crippen LogP contribution in [0.15, 0.2) is 0 Å². The minimum absolute atomic E-state index is 0.0344. The van der Waals surface area contributed by atoms with Crippen LogP contribution in [0.5, 0.6) is 0 Å². The van der Waals surface area contributed by atoms with Gasteiger partial charge < -0.3 is 39.7 Å². The van der Waals surface area contributed by atoms with Crippen LogP contribution in [0.25, 0.3) is 0 Å². The second-order valence-electron chi connectivity index (χ2n) is 8.10. The lowest BCUT2D eigenvalue weighted by molar-refractivity contribution is -0.295. The van der Waals surface area contributed by atoms with E-state index in [9.17, 15) is 30.3 Å². The monoisotopic (exact) mass is 393 g/mol. The van der Waals surface area contributed by atoms with Crippen LogP contribution >= 0.6 is 0 Å². The van der Waals surface area contributed by atoms with E-state index in [1.807, 2.05) is 0 Å². The van der Waals surface area contributed by atoms with Gasteiger partial charge >= 0.3 is 6.09 Å². The standard InChI is InChI=1S/C17H31NO9/c1-17(2,3)27-16(24)18-6-8(20)5-9(18)12(21)11-10(7-19)26-15(25-4)14(23)13(11)22/h8-15,19-23H,5-7H2,1-4H3/t8-,9+,10-,11+,12?,13+,14-,15+/m1/s1. The Hall–Kier alpha value is -1.01. The molecule has 2 aliphatic rings. The summed E-state index contributed by atoms with van der Waals surface area (Å²) in [6.45, 7) is 4.53. The Morgan fingerprint density at radius 1 is 1.26 bits per heavy atom. The van der Waals surface area contributed by atoms with Crippen molar-refractivity contribution < 1.29 is 44.5 Å². The van der Waals surface area contributed by atoms with Crippen molar-refractivity contribution in [3.05, 3.63) is 0 Å². The van der Waals surface area contributed by atoms with E-state index in [-0.39, 0.29) is 13.0 Å². The van der Waals surface area contributed by atoms with Gasteiger partial charge in [0.15, 0.2) is 6.29 Å². The van der Waals surface area contributed by atoms with Crippen molar-refractivity contribution in [1.82, 2.24) is 4.90 Å². The lowest BCUT2D eigenvalue weighted by Gasteiger charge is -2.45. The third-order valence-electron chi connectivity index (χ3n) is 4.91. The van der Waals surface area contributed by atoms with Gasteiger partial charge in [-0.2, -0.15) is 0 Å². The summed E-state index contributed by atoms with van der Waals surface area (Å²) in [5.41, 5.74) is -0.761. The molecule has 1 amide bonds. The highest BCUT2D eigenvalue weighted by atomic mass is 16.7. The van der Waals surface area contributed by atoms with Crippen LogP contribution in [0.3, 0.4) is 0 Å². The molecule has 27 heavy (non-hydrogen) atoms. The predicted octanol–water partition coefficient (Wildman–Crippen LogP) is -1.58. The van der Waals surface area contributed by atoms with Crippen LogP contribution in [-0.4, -0.2) is 105 Å². The van der Waals surface area contributed by atoms with Gasteiger partial charge in [-0.25, -0.2) is 4.79 Å². The van der Waals surface area contributed by atoms with Gasteiger partial charge in [0, 0.05) is 13.0 Å². The van der Waals surface area contributed by atoms with E-state index in [0.717, 1.165) is 0 Å². The topological polar surface area (TPSA) is 149 Å². The second-order valence-corrected chi connectivity index (χ2v) is 8.10. The summed E-state index contributed by atoms with van der Waals surface area (Å²) >= 11 is 0. The largest absolute Gasteiger partial charge is 0.444 e. The van der Waals surface area contributed by atoms with Crippen LogP contribution in [0.2, 0.25) is 0 Å². The number of nitrogens with zero attached hydrogens (tertiary/aromatic N) is 1. The van der Waals surface area contributed by atoms with Gasteiger partial charge in [-0.15, -0.1) is 0 Å². The number of amides is 1. The van der Waals surface area contributed by atoms with Crippen LogP contribution in [-0.2, 0) is 14.2 Å². The lowest BCUT2D eigenvalue weighted by Crippen LogP contribution is -2.62. The number of ether oxygens (including phenoxy) is 3. The summed E-state index contributed by atoms with van der Waals surface area (Å²) in [4.78, 5) is 13.7. The highest BCUT2D eigenvalue weighted by molar-refractivity contribution is 5.69. The summed E-state index contributed by atoms with van der Waals surface area (Å²) in [7, 11) is 1.28. The van der Waals surface area contributed by atoms with Crippen LogP contribution < -0.4 is 0 Å². The summed E-state index contributed by atoms with van der Waals surface area (Å²) < 4.78 is 15.7. The number of methoxy groups -OCH3 is 1. The lowest BCUT2D eigenvalue weighted by atomic mass is 9.81. The summed E-state index contributed by atoms with van der Waals surface area (Å²) in [5, 5.41) is 51.1. The molecule has 2 rings (SSSR count). The van der Waals surface area contributed by atoms with Crippen molar-refractivity contribution in [2.75, 3.05) is 20.3 Å². The van der Waals surface area contributed by atoms with E-state index in [2.05, 4.69) is 0 Å². The highest BCUT2D eigenvalue weighted by Gasteiger charge is 2.52. The summed E-state index contributed by atoms with van der Waals surface area (Å²) in [6, 6.07) is -0.876. The average molecular weight is 393 g/mol. The first-order chi connectivity index (χ1) is 12.5. The Bertz CT molecular complexity index is 509. The molecule has 2 heterocycles. The normalized spacial score (nSPS) is 38.7. The number of β-amino-alcohol motifs (C(OH)–C–C–N with tert-alkyl or cyclic N) is 1. The van der Waals surface area contributed by atoms with Gasteiger partial charge in [-0.05, 0) is 27.2 Å². The Kier molecular flexibility index (Phi) is 7.06. The zero-order chi connectivity index (χ0) is 20.5. The van der Waals surface area contributed by atoms with Gasteiger partial charge in [-0.1, -0.05) is 0 Å². The minimum Gasteiger partial charge on any atom is -0.444 e. The number of hydrogen-bond acceptors (Lipinski definition) is 9. The molecule has 0 aromatic rings. The van der Waals surface area contributed by atoms with E-state index < -0.39 is 67.1 Å². The number of likely N-dealkylation sites (tertiary alicyclic amines) is 1. The molecule has 8 atom stereocenters. The Balaban J connectivity index is 2.22. The quantitative estimate of drug-likeness (QED) is 0.381. The maximum atomic E-state index is 12.5. The number of hydrogen-bond donors (Lipinski definition) is 5. The summed E-state index contributed by atoms with van der Waals surface area (Å²) in [5.74, 6) is -1.10. The maximum absolute atomic E-state index is 12.5. The van der Waals surface area contributed by atoms with E-state index in [1.165, 1.54) is 12.0 Å². The van der Waals surface area contributed by atoms with Crippen molar-refractivity contribution in [3.8, 4) is 0 Å². The SMILES string of the molecule is CO[C@H]1O[C@H](CO)[C@@H](C(O)[C@@H]2C[C@@H](O)CN2C(=O)OC(C)(C)C)[C@H](O)[C@H]1O. The van der Waals surface area contributed by atoms with Crippen molar-refractivity contribution in [3.63, 3.8) is 0 Å². The maximum Gasteiger partial charge on any atom is 0.410 e. The fourth-order valence-electron chi connectivity index (χ4n) is 3.69. The van der Waals surface area contributed by atoms with E-state index >= 15 is 0 Å².